The third kappa shape index (κ3) is 6.35. The fourth-order valence-electron chi connectivity index (χ4n) is 1.94. The van der Waals surface area contributed by atoms with E-state index in [1.54, 1.807) is 12.1 Å². The SMILES string of the molecule is O=C(CCC(=O)NNC(=O)Cc1ccccc1)NCc1ccco1. The number of benzene rings is 1. The van der Waals surface area contributed by atoms with Crippen molar-refractivity contribution in [2.45, 2.75) is 25.8 Å². The maximum atomic E-state index is 11.7. The molecule has 2 aromatic rings. The first-order valence-electron chi connectivity index (χ1n) is 7.54. The quantitative estimate of drug-likeness (QED) is 0.661. The van der Waals surface area contributed by atoms with E-state index in [9.17, 15) is 14.4 Å². The number of hydrogen-bond acceptors (Lipinski definition) is 4. The van der Waals surface area contributed by atoms with E-state index in [-0.39, 0.29) is 37.6 Å². The van der Waals surface area contributed by atoms with Crippen LogP contribution in [0.1, 0.15) is 24.2 Å². The lowest BCUT2D eigenvalue weighted by Gasteiger charge is -2.07. The summed E-state index contributed by atoms with van der Waals surface area (Å²) in [5, 5.41) is 2.64. The van der Waals surface area contributed by atoms with Crippen LogP contribution in [-0.4, -0.2) is 17.7 Å². The second kappa shape index (κ2) is 9.14. The van der Waals surface area contributed by atoms with E-state index in [2.05, 4.69) is 16.2 Å². The van der Waals surface area contributed by atoms with Crippen LogP contribution in [0.5, 0.6) is 0 Å². The predicted molar refractivity (Wildman–Crippen MR) is 86.2 cm³/mol. The monoisotopic (exact) mass is 329 g/mol. The number of nitrogens with one attached hydrogen (secondary N) is 3. The van der Waals surface area contributed by atoms with Gasteiger partial charge in [0.15, 0.2) is 0 Å². The second-order valence-electron chi connectivity index (χ2n) is 5.11. The van der Waals surface area contributed by atoms with Gasteiger partial charge in [-0.2, -0.15) is 0 Å². The van der Waals surface area contributed by atoms with Gasteiger partial charge in [-0.1, -0.05) is 30.3 Å². The smallest absolute Gasteiger partial charge is 0.242 e. The van der Waals surface area contributed by atoms with Crippen molar-refractivity contribution in [3.8, 4) is 0 Å². The van der Waals surface area contributed by atoms with Gasteiger partial charge < -0.3 is 9.73 Å². The molecule has 3 N–H and O–H groups in total. The van der Waals surface area contributed by atoms with Crippen LogP contribution in [0.3, 0.4) is 0 Å². The van der Waals surface area contributed by atoms with Crippen LogP contribution in [0.2, 0.25) is 0 Å². The fourth-order valence-corrected chi connectivity index (χ4v) is 1.94. The number of amides is 3. The van der Waals surface area contributed by atoms with Gasteiger partial charge in [-0.25, -0.2) is 0 Å². The second-order valence-corrected chi connectivity index (χ2v) is 5.11. The standard InChI is InChI=1S/C17H19N3O4/c21-15(18-12-14-7-4-10-24-14)8-9-16(22)19-20-17(23)11-13-5-2-1-3-6-13/h1-7,10H,8-9,11-12H2,(H,18,21)(H,19,22)(H,20,23). The average molecular weight is 329 g/mol. The Bertz CT molecular complexity index is 668. The molecule has 0 bridgehead atoms. The van der Waals surface area contributed by atoms with Crippen LogP contribution in [0.25, 0.3) is 0 Å². The summed E-state index contributed by atoms with van der Waals surface area (Å²) in [6, 6.07) is 12.7. The number of hydrogen-bond donors (Lipinski definition) is 3. The molecule has 24 heavy (non-hydrogen) atoms. The maximum Gasteiger partial charge on any atom is 0.242 e. The van der Waals surface area contributed by atoms with E-state index < -0.39 is 5.91 Å². The van der Waals surface area contributed by atoms with Gasteiger partial charge in [0.05, 0.1) is 19.2 Å². The lowest BCUT2D eigenvalue weighted by Crippen LogP contribution is -2.42. The minimum absolute atomic E-state index is 0.0182. The summed E-state index contributed by atoms with van der Waals surface area (Å²) in [4.78, 5) is 34.9. The Morgan fingerprint density at radius 3 is 2.25 bits per heavy atom. The zero-order valence-electron chi connectivity index (χ0n) is 13.1. The average Bonchev–Trinajstić information content (AvgIpc) is 3.10. The number of carbonyl (C=O) groups excluding carboxylic acids is 3. The van der Waals surface area contributed by atoms with Crippen LogP contribution in [0.4, 0.5) is 0 Å². The minimum atomic E-state index is -0.426. The van der Waals surface area contributed by atoms with Crippen molar-refractivity contribution in [1.82, 2.24) is 16.2 Å². The Labute approximate surface area is 139 Å². The third-order valence-electron chi connectivity index (χ3n) is 3.17. The molecule has 1 aromatic carbocycles. The van der Waals surface area contributed by atoms with Crippen molar-refractivity contribution < 1.29 is 18.8 Å². The topological polar surface area (TPSA) is 100 Å². The van der Waals surface area contributed by atoms with Crippen LogP contribution in [0.15, 0.2) is 53.1 Å². The Morgan fingerprint density at radius 1 is 0.833 bits per heavy atom. The van der Waals surface area contributed by atoms with E-state index in [4.69, 9.17) is 4.42 Å². The predicted octanol–water partition coefficient (Wildman–Crippen LogP) is 1.07. The molecule has 0 aliphatic heterocycles. The molecule has 0 radical (unpaired) electrons. The fraction of sp³-hybridized carbons (Fsp3) is 0.235. The normalized spacial score (nSPS) is 10.0. The molecule has 126 valence electrons. The maximum absolute atomic E-state index is 11.7. The molecule has 0 aliphatic carbocycles. The van der Waals surface area contributed by atoms with Crippen molar-refractivity contribution in [3.63, 3.8) is 0 Å². The summed E-state index contributed by atoms with van der Waals surface area (Å²) in [5.74, 6) is -0.375. The van der Waals surface area contributed by atoms with Crippen molar-refractivity contribution in [3.05, 3.63) is 60.1 Å². The van der Waals surface area contributed by atoms with Gasteiger partial charge in [0.1, 0.15) is 5.76 Å². The summed E-state index contributed by atoms with van der Waals surface area (Å²) in [6.45, 7) is 0.279. The Morgan fingerprint density at radius 2 is 1.54 bits per heavy atom. The molecule has 1 aromatic heterocycles. The highest BCUT2D eigenvalue weighted by Gasteiger charge is 2.09. The lowest BCUT2D eigenvalue weighted by atomic mass is 10.1. The van der Waals surface area contributed by atoms with E-state index in [0.717, 1.165) is 5.56 Å². The minimum Gasteiger partial charge on any atom is -0.467 e. The Balaban J connectivity index is 1.59. The zero-order valence-corrected chi connectivity index (χ0v) is 13.1. The van der Waals surface area contributed by atoms with E-state index in [0.29, 0.717) is 5.76 Å². The zero-order chi connectivity index (χ0) is 17.2. The number of rotatable bonds is 7. The molecule has 0 saturated heterocycles. The van der Waals surface area contributed by atoms with Gasteiger partial charge in [0.2, 0.25) is 17.7 Å². The van der Waals surface area contributed by atoms with Gasteiger partial charge in [0, 0.05) is 12.8 Å². The lowest BCUT2D eigenvalue weighted by molar-refractivity contribution is -0.130. The molecular weight excluding hydrogens is 310 g/mol. The molecule has 1 heterocycles. The van der Waals surface area contributed by atoms with Crippen LogP contribution in [0, 0.1) is 0 Å². The summed E-state index contributed by atoms with van der Waals surface area (Å²) in [5.41, 5.74) is 5.46. The van der Waals surface area contributed by atoms with Gasteiger partial charge in [-0.05, 0) is 17.7 Å². The van der Waals surface area contributed by atoms with Crippen LogP contribution >= 0.6 is 0 Å². The molecule has 0 spiro atoms. The molecule has 7 nitrogen and oxygen atoms in total. The highest BCUT2D eigenvalue weighted by Crippen LogP contribution is 2.00. The van der Waals surface area contributed by atoms with E-state index in [1.165, 1.54) is 6.26 Å². The largest absolute Gasteiger partial charge is 0.467 e. The third-order valence-corrected chi connectivity index (χ3v) is 3.17. The Kier molecular flexibility index (Phi) is 6.58. The van der Waals surface area contributed by atoms with Crippen molar-refractivity contribution in [2.24, 2.45) is 0 Å². The first-order valence-corrected chi connectivity index (χ1v) is 7.54. The van der Waals surface area contributed by atoms with Crippen molar-refractivity contribution in [2.75, 3.05) is 0 Å². The van der Waals surface area contributed by atoms with E-state index >= 15 is 0 Å². The molecule has 0 fully saturated rings. The number of furan rings is 1. The van der Waals surface area contributed by atoms with Crippen molar-refractivity contribution >= 4 is 17.7 Å². The summed E-state index contributed by atoms with van der Waals surface area (Å²) >= 11 is 0. The molecule has 0 unspecified atom stereocenters. The number of hydrazine groups is 1. The molecule has 7 heteroatoms. The van der Waals surface area contributed by atoms with Gasteiger partial charge in [-0.3, -0.25) is 25.2 Å². The van der Waals surface area contributed by atoms with Gasteiger partial charge >= 0.3 is 0 Å². The molecule has 0 atom stereocenters. The highest BCUT2D eigenvalue weighted by atomic mass is 16.3. The summed E-state index contributed by atoms with van der Waals surface area (Å²) < 4.78 is 5.08. The highest BCUT2D eigenvalue weighted by molar-refractivity contribution is 5.86. The van der Waals surface area contributed by atoms with E-state index in [1.807, 2.05) is 30.3 Å². The van der Waals surface area contributed by atoms with Gasteiger partial charge in [-0.15, -0.1) is 0 Å². The van der Waals surface area contributed by atoms with Crippen molar-refractivity contribution in [1.29, 1.82) is 0 Å². The molecule has 0 aliphatic rings. The molecular formula is C17H19N3O4. The first-order chi connectivity index (χ1) is 11.6. The van der Waals surface area contributed by atoms with Gasteiger partial charge in [0.25, 0.3) is 0 Å². The van der Waals surface area contributed by atoms with Crippen LogP contribution in [-0.2, 0) is 27.3 Å². The molecule has 2 rings (SSSR count). The molecule has 3 amide bonds. The summed E-state index contributed by atoms with van der Waals surface area (Å²) in [6.07, 6.45) is 1.70. The summed E-state index contributed by atoms with van der Waals surface area (Å²) in [7, 11) is 0. The Hall–Kier alpha value is -3.09. The molecule has 0 saturated carbocycles. The van der Waals surface area contributed by atoms with Crippen LogP contribution < -0.4 is 16.2 Å². The number of carbonyl (C=O) groups is 3. The first kappa shape index (κ1) is 17.3.